The molecule has 0 bridgehead atoms. The van der Waals surface area contributed by atoms with Crippen molar-refractivity contribution in [3.8, 4) is 0 Å². The van der Waals surface area contributed by atoms with Gasteiger partial charge in [0.15, 0.2) is 10.9 Å². The predicted molar refractivity (Wildman–Crippen MR) is 89.0 cm³/mol. The minimum absolute atomic E-state index is 0.151. The van der Waals surface area contributed by atoms with Crippen LogP contribution < -0.4 is 0 Å². The van der Waals surface area contributed by atoms with Gasteiger partial charge in [0.2, 0.25) is 0 Å². The molecule has 0 spiro atoms. The highest BCUT2D eigenvalue weighted by Crippen LogP contribution is 2.27. The summed E-state index contributed by atoms with van der Waals surface area (Å²) in [5.41, 5.74) is 0.966. The second-order valence-electron chi connectivity index (χ2n) is 4.47. The van der Waals surface area contributed by atoms with Gasteiger partial charge in [-0.3, -0.25) is 4.79 Å². The zero-order valence-corrected chi connectivity index (χ0v) is 13.5. The highest BCUT2D eigenvalue weighted by molar-refractivity contribution is 7.99. The van der Waals surface area contributed by atoms with E-state index in [4.69, 9.17) is 23.2 Å². The number of carbonyl (C=O) groups excluding carboxylic acids is 1. The second-order valence-corrected chi connectivity index (χ2v) is 6.38. The van der Waals surface area contributed by atoms with Crippen molar-refractivity contribution in [1.82, 2.24) is 9.97 Å². The first kappa shape index (κ1) is 15.2. The van der Waals surface area contributed by atoms with Crippen LogP contribution in [-0.2, 0) is 0 Å². The molecule has 3 aromatic rings. The summed E-state index contributed by atoms with van der Waals surface area (Å²) in [6, 6.07) is 12.1. The van der Waals surface area contributed by atoms with Crippen LogP contribution in [0.2, 0.25) is 10.0 Å². The lowest BCUT2D eigenvalue weighted by molar-refractivity contribution is 0.103. The Bertz CT molecular complexity index is 802. The van der Waals surface area contributed by atoms with Crippen molar-refractivity contribution in [2.24, 2.45) is 0 Å². The van der Waals surface area contributed by atoms with E-state index in [1.165, 1.54) is 11.8 Å². The van der Waals surface area contributed by atoms with Crippen molar-refractivity contribution in [3.63, 3.8) is 0 Å². The highest BCUT2D eigenvalue weighted by atomic mass is 35.5. The molecule has 0 saturated carbocycles. The largest absolute Gasteiger partial charge is 0.339 e. The van der Waals surface area contributed by atoms with Gasteiger partial charge < -0.3 is 4.98 Å². The molecule has 0 radical (unpaired) electrons. The quantitative estimate of drug-likeness (QED) is 0.667. The number of aromatic nitrogens is 2. The van der Waals surface area contributed by atoms with Crippen LogP contribution in [-0.4, -0.2) is 15.8 Å². The number of rotatable bonds is 4. The van der Waals surface area contributed by atoms with Gasteiger partial charge in [-0.05, 0) is 42.5 Å². The Balaban J connectivity index is 1.83. The summed E-state index contributed by atoms with van der Waals surface area (Å²) in [7, 11) is 0. The summed E-state index contributed by atoms with van der Waals surface area (Å²) < 4.78 is 0. The summed E-state index contributed by atoms with van der Waals surface area (Å²) >= 11 is 13.5. The number of H-pyrrole nitrogens is 1. The molecule has 22 heavy (non-hydrogen) atoms. The normalized spacial score (nSPS) is 10.6. The number of carbonyl (C=O) groups is 1. The van der Waals surface area contributed by atoms with Gasteiger partial charge in [-0.15, -0.1) is 0 Å². The molecule has 0 aliphatic rings. The van der Waals surface area contributed by atoms with Crippen LogP contribution >= 0.6 is 35.0 Å². The van der Waals surface area contributed by atoms with Crippen molar-refractivity contribution in [3.05, 3.63) is 76.0 Å². The highest BCUT2D eigenvalue weighted by Gasteiger charge is 2.13. The Hall–Kier alpha value is -1.75. The average molecular weight is 349 g/mol. The summed E-state index contributed by atoms with van der Waals surface area (Å²) in [6.45, 7) is 0. The number of halogens is 2. The lowest BCUT2D eigenvalue weighted by atomic mass is 10.0. The van der Waals surface area contributed by atoms with Crippen LogP contribution in [0.25, 0.3) is 0 Å². The molecule has 0 aliphatic carbocycles. The fraction of sp³-hybridized carbons (Fsp3) is 0. The van der Waals surface area contributed by atoms with E-state index in [1.807, 2.05) is 12.1 Å². The van der Waals surface area contributed by atoms with E-state index in [2.05, 4.69) is 9.97 Å². The smallest absolute Gasteiger partial charge is 0.194 e. The van der Waals surface area contributed by atoms with Gasteiger partial charge >= 0.3 is 0 Å². The topological polar surface area (TPSA) is 45.8 Å². The van der Waals surface area contributed by atoms with Gasteiger partial charge in [0.1, 0.15) is 0 Å². The standard InChI is InChI=1S/C16H10Cl2N2OS/c17-11-3-6-14(18)13(9-11)15(21)10-1-4-12(5-2-10)22-16-19-7-8-20-16/h1-9H,(H,19,20). The molecule has 2 aromatic carbocycles. The third-order valence-electron chi connectivity index (χ3n) is 2.98. The molecule has 3 rings (SSSR count). The number of benzene rings is 2. The molecule has 1 aromatic heterocycles. The molecule has 1 heterocycles. The Morgan fingerprint density at radius 1 is 1.09 bits per heavy atom. The molecule has 3 nitrogen and oxygen atoms in total. The van der Waals surface area contributed by atoms with Crippen LogP contribution in [0.4, 0.5) is 0 Å². The first-order valence-corrected chi connectivity index (χ1v) is 7.98. The summed E-state index contributed by atoms with van der Waals surface area (Å²) in [6.07, 6.45) is 3.46. The molecule has 0 saturated heterocycles. The lowest BCUT2D eigenvalue weighted by Gasteiger charge is -2.05. The number of aromatic amines is 1. The Labute approximate surface area is 141 Å². The molecular weight excluding hydrogens is 339 g/mol. The minimum Gasteiger partial charge on any atom is -0.339 e. The van der Waals surface area contributed by atoms with Gasteiger partial charge in [-0.25, -0.2) is 4.98 Å². The SMILES string of the molecule is O=C(c1ccc(Sc2ncc[nH]2)cc1)c1cc(Cl)ccc1Cl. The van der Waals surface area contributed by atoms with E-state index < -0.39 is 0 Å². The number of imidazole rings is 1. The molecule has 0 amide bonds. The molecule has 110 valence electrons. The summed E-state index contributed by atoms with van der Waals surface area (Å²) in [5.74, 6) is -0.151. The van der Waals surface area contributed by atoms with E-state index in [0.29, 0.717) is 21.2 Å². The average Bonchev–Trinajstić information content (AvgIpc) is 3.03. The van der Waals surface area contributed by atoms with Gasteiger partial charge in [-0.1, -0.05) is 35.0 Å². The Morgan fingerprint density at radius 2 is 1.86 bits per heavy atom. The van der Waals surface area contributed by atoms with Crippen molar-refractivity contribution in [2.45, 2.75) is 10.1 Å². The molecule has 0 atom stereocenters. The fourth-order valence-electron chi connectivity index (χ4n) is 1.92. The maximum atomic E-state index is 12.5. The Kier molecular flexibility index (Phi) is 4.52. The molecule has 0 unspecified atom stereocenters. The van der Waals surface area contributed by atoms with Gasteiger partial charge in [0.05, 0.1) is 5.02 Å². The Morgan fingerprint density at radius 3 is 2.55 bits per heavy atom. The maximum Gasteiger partial charge on any atom is 0.194 e. The summed E-state index contributed by atoms with van der Waals surface area (Å²) in [5, 5.41) is 1.68. The molecule has 6 heteroatoms. The van der Waals surface area contributed by atoms with Crippen molar-refractivity contribution in [1.29, 1.82) is 0 Å². The second kappa shape index (κ2) is 6.57. The van der Waals surface area contributed by atoms with E-state index in [0.717, 1.165) is 10.1 Å². The van der Waals surface area contributed by atoms with Crippen LogP contribution in [0.3, 0.4) is 0 Å². The molecular formula is C16H10Cl2N2OS. The van der Waals surface area contributed by atoms with Crippen LogP contribution in [0.5, 0.6) is 0 Å². The predicted octanol–water partition coefficient (Wildman–Crippen LogP) is 5.10. The number of ketones is 1. The van der Waals surface area contributed by atoms with Crippen molar-refractivity contribution in [2.75, 3.05) is 0 Å². The molecule has 0 fully saturated rings. The zero-order valence-electron chi connectivity index (χ0n) is 11.2. The first-order chi connectivity index (χ1) is 10.6. The third kappa shape index (κ3) is 3.35. The van der Waals surface area contributed by atoms with Crippen LogP contribution in [0.15, 0.2) is 64.9 Å². The van der Waals surface area contributed by atoms with Gasteiger partial charge in [0, 0.05) is 33.4 Å². The maximum absolute atomic E-state index is 12.5. The lowest BCUT2D eigenvalue weighted by Crippen LogP contribution is -2.02. The van der Waals surface area contributed by atoms with E-state index >= 15 is 0 Å². The van der Waals surface area contributed by atoms with E-state index in [9.17, 15) is 4.79 Å². The number of hydrogen-bond acceptors (Lipinski definition) is 3. The summed E-state index contributed by atoms with van der Waals surface area (Å²) in [4.78, 5) is 20.6. The number of nitrogens with zero attached hydrogens (tertiary/aromatic N) is 1. The molecule has 1 N–H and O–H groups in total. The van der Waals surface area contributed by atoms with Gasteiger partial charge in [0.25, 0.3) is 0 Å². The number of nitrogens with one attached hydrogen (secondary N) is 1. The fourth-order valence-corrected chi connectivity index (χ4v) is 3.03. The zero-order chi connectivity index (χ0) is 15.5. The van der Waals surface area contributed by atoms with Crippen LogP contribution in [0.1, 0.15) is 15.9 Å². The minimum atomic E-state index is -0.151. The van der Waals surface area contributed by atoms with E-state index in [1.54, 1.807) is 42.7 Å². The van der Waals surface area contributed by atoms with Crippen molar-refractivity contribution >= 4 is 40.7 Å². The van der Waals surface area contributed by atoms with Crippen LogP contribution in [0, 0.1) is 0 Å². The number of hydrogen-bond donors (Lipinski definition) is 1. The van der Waals surface area contributed by atoms with E-state index in [-0.39, 0.29) is 5.78 Å². The third-order valence-corrected chi connectivity index (χ3v) is 4.47. The van der Waals surface area contributed by atoms with Crippen molar-refractivity contribution < 1.29 is 4.79 Å². The molecule has 0 aliphatic heterocycles. The monoisotopic (exact) mass is 348 g/mol. The van der Waals surface area contributed by atoms with Gasteiger partial charge in [-0.2, -0.15) is 0 Å². The first-order valence-electron chi connectivity index (χ1n) is 6.40.